The molecule has 0 spiro atoms. The summed E-state index contributed by atoms with van der Waals surface area (Å²) in [4.78, 5) is 4.66. The van der Waals surface area contributed by atoms with E-state index in [1.54, 1.807) is 39.2 Å². The standard InChI is InChI=1S/C19H29N3O3S2/c1-19(2,3)27(23,24)20-12-13-5-7-14(8-6-13)21-18-22-16-10-9-15(25-4)11-17(16)26-18/h9-11,13-14,20H,5-8,12H2,1-4H3,(H,21,22)/t13-,14-. The third kappa shape index (κ3) is 4.92. The second-order valence-corrected chi connectivity index (χ2v) is 11.7. The van der Waals surface area contributed by atoms with Crippen LogP contribution in [-0.2, 0) is 10.0 Å². The van der Waals surface area contributed by atoms with E-state index in [0.717, 1.165) is 46.8 Å². The Hall–Kier alpha value is -1.38. The van der Waals surface area contributed by atoms with E-state index < -0.39 is 14.8 Å². The minimum Gasteiger partial charge on any atom is -0.497 e. The maximum absolute atomic E-state index is 12.2. The van der Waals surface area contributed by atoms with Gasteiger partial charge in [0.15, 0.2) is 5.13 Å². The number of fused-ring (bicyclic) bond motifs is 1. The van der Waals surface area contributed by atoms with Crippen molar-refractivity contribution in [3.8, 4) is 5.75 Å². The Kier molecular flexibility index (Phi) is 5.98. The summed E-state index contributed by atoms with van der Waals surface area (Å²) in [5, 5.41) is 4.49. The fourth-order valence-electron chi connectivity index (χ4n) is 3.22. The van der Waals surface area contributed by atoms with Crippen LogP contribution in [0.5, 0.6) is 5.75 Å². The molecule has 6 nitrogen and oxygen atoms in total. The first kappa shape index (κ1) is 20.4. The predicted octanol–water partition coefficient (Wildman–Crippen LogP) is 3.99. The monoisotopic (exact) mass is 411 g/mol. The maximum Gasteiger partial charge on any atom is 0.216 e. The smallest absolute Gasteiger partial charge is 0.216 e. The van der Waals surface area contributed by atoms with Crippen LogP contribution >= 0.6 is 11.3 Å². The molecule has 0 aliphatic heterocycles. The third-order valence-corrected chi connectivity index (χ3v) is 8.25. The molecule has 150 valence electrons. The van der Waals surface area contributed by atoms with Crippen LogP contribution in [0.2, 0.25) is 0 Å². The van der Waals surface area contributed by atoms with Crippen LogP contribution in [0.3, 0.4) is 0 Å². The molecule has 1 heterocycles. The Labute approximate surface area is 165 Å². The molecule has 0 bridgehead atoms. The number of nitrogens with zero attached hydrogens (tertiary/aromatic N) is 1. The van der Waals surface area contributed by atoms with Gasteiger partial charge >= 0.3 is 0 Å². The average molecular weight is 412 g/mol. The molecule has 0 atom stereocenters. The summed E-state index contributed by atoms with van der Waals surface area (Å²) in [7, 11) is -1.60. The highest BCUT2D eigenvalue weighted by atomic mass is 32.2. The lowest BCUT2D eigenvalue weighted by Crippen LogP contribution is -2.42. The highest BCUT2D eigenvalue weighted by molar-refractivity contribution is 7.90. The Morgan fingerprint density at radius 3 is 2.56 bits per heavy atom. The minimum absolute atomic E-state index is 0.392. The Balaban J connectivity index is 1.51. The number of aromatic nitrogens is 1. The summed E-state index contributed by atoms with van der Waals surface area (Å²) >= 11 is 1.64. The van der Waals surface area contributed by atoms with Gasteiger partial charge in [0, 0.05) is 12.6 Å². The second-order valence-electron chi connectivity index (χ2n) is 8.18. The van der Waals surface area contributed by atoms with Crippen LogP contribution in [0.15, 0.2) is 18.2 Å². The number of ether oxygens (including phenoxy) is 1. The Morgan fingerprint density at radius 1 is 1.22 bits per heavy atom. The topological polar surface area (TPSA) is 80.3 Å². The van der Waals surface area contributed by atoms with Gasteiger partial charge in [0.1, 0.15) is 5.75 Å². The van der Waals surface area contributed by atoms with E-state index in [4.69, 9.17) is 4.74 Å². The van der Waals surface area contributed by atoms with E-state index in [0.29, 0.717) is 18.5 Å². The van der Waals surface area contributed by atoms with Gasteiger partial charge in [-0.2, -0.15) is 0 Å². The predicted molar refractivity (Wildman–Crippen MR) is 112 cm³/mol. The van der Waals surface area contributed by atoms with Crippen molar-refractivity contribution < 1.29 is 13.2 Å². The van der Waals surface area contributed by atoms with Crippen LogP contribution in [0.1, 0.15) is 46.5 Å². The molecule has 3 rings (SSSR count). The second kappa shape index (κ2) is 7.93. The lowest BCUT2D eigenvalue weighted by Gasteiger charge is -2.30. The van der Waals surface area contributed by atoms with Gasteiger partial charge in [-0.05, 0) is 70.6 Å². The molecule has 1 aliphatic carbocycles. The van der Waals surface area contributed by atoms with Crippen LogP contribution in [0.4, 0.5) is 5.13 Å². The van der Waals surface area contributed by atoms with Gasteiger partial charge in [0.25, 0.3) is 0 Å². The number of sulfonamides is 1. The van der Waals surface area contributed by atoms with Gasteiger partial charge in [-0.25, -0.2) is 18.1 Å². The van der Waals surface area contributed by atoms with Gasteiger partial charge in [-0.15, -0.1) is 0 Å². The zero-order valence-electron chi connectivity index (χ0n) is 16.4. The summed E-state index contributed by atoms with van der Waals surface area (Å²) < 4.78 is 32.8. The first-order chi connectivity index (χ1) is 12.7. The van der Waals surface area contributed by atoms with E-state index in [1.807, 2.05) is 18.2 Å². The molecule has 1 saturated carbocycles. The van der Waals surface area contributed by atoms with E-state index in [1.165, 1.54) is 0 Å². The van der Waals surface area contributed by atoms with Crippen molar-refractivity contribution in [1.82, 2.24) is 9.71 Å². The number of hydrogen-bond acceptors (Lipinski definition) is 6. The van der Waals surface area contributed by atoms with Crippen molar-refractivity contribution >= 4 is 36.7 Å². The molecule has 0 saturated heterocycles. The fraction of sp³-hybridized carbons (Fsp3) is 0.632. The van der Waals surface area contributed by atoms with E-state index in [-0.39, 0.29) is 0 Å². The Morgan fingerprint density at radius 2 is 1.93 bits per heavy atom. The number of thiazole rings is 1. The summed E-state index contributed by atoms with van der Waals surface area (Å²) in [5.74, 6) is 1.25. The van der Waals surface area contributed by atoms with Crippen molar-refractivity contribution in [1.29, 1.82) is 0 Å². The minimum atomic E-state index is -3.26. The van der Waals surface area contributed by atoms with E-state index in [2.05, 4.69) is 15.0 Å². The molecule has 0 radical (unpaired) electrons. The quantitative estimate of drug-likeness (QED) is 0.751. The van der Waals surface area contributed by atoms with Crippen LogP contribution in [0, 0.1) is 5.92 Å². The molecule has 1 aromatic carbocycles. The van der Waals surface area contributed by atoms with Gasteiger partial charge in [-0.1, -0.05) is 11.3 Å². The molecule has 27 heavy (non-hydrogen) atoms. The number of anilines is 1. The molecule has 1 fully saturated rings. The lowest BCUT2D eigenvalue weighted by molar-refractivity contribution is 0.336. The largest absolute Gasteiger partial charge is 0.497 e. The molecular weight excluding hydrogens is 382 g/mol. The summed E-state index contributed by atoms with van der Waals surface area (Å²) in [6, 6.07) is 6.31. The zero-order valence-corrected chi connectivity index (χ0v) is 18.0. The molecule has 0 amide bonds. The first-order valence-corrected chi connectivity index (χ1v) is 11.7. The van der Waals surface area contributed by atoms with Crippen molar-refractivity contribution in [3.63, 3.8) is 0 Å². The van der Waals surface area contributed by atoms with Crippen LogP contribution < -0.4 is 14.8 Å². The first-order valence-electron chi connectivity index (χ1n) is 9.38. The van der Waals surface area contributed by atoms with Crippen molar-refractivity contribution in [2.75, 3.05) is 19.0 Å². The Bertz CT molecular complexity index is 879. The maximum atomic E-state index is 12.2. The molecule has 2 N–H and O–H groups in total. The van der Waals surface area contributed by atoms with E-state index >= 15 is 0 Å². The highest BCUT2D eigenvalue weighted by Crippen LogP contribution is 2.32. The molecule has 1 aromatic heterocycles. The number of benzene rings is 1. The van der Waals surface area contributed by atoms with Crippen molar-refractivity contribution in [2.24, 2.45) is 5.92 Å². The van der Waals surface area contributed by atoms with Crippen LogP contribution in [-0.4, -0.2) is 37.8 Å². The molecule has 8 heteroatoms. The zero-order chi connectivity index (χ0) is 19.7. The molecule has 2 aromatic rings. The summed E-state index contributed by atoms with van der Waals surface area (Å²) in [6.07, 6.45) is 4.09. The SMILES string of the molecule is COc1ccc2nc(N[C@H]3CC[C@H](CNS(=O)(=O)C(C)(C)C)CC3)sc2c1. The number of hydrogen-bond donors (Lipinski definition) is 2. The molecule has 1 aliphatic rings. The van der Waals surface area contributed by atoms with Gasteiger partial charge < -0.3 is 10.1 Å². The van der Waals surface area contributed by atoms with Gasteiger partial charge in [0.05, 0.1) is 22.1 Å². The normalized spacial score (nSPS) is 21.3. The van der Waals surface area contributed by atoms with E-state index in [9.17, 15) is 8.42 Å². The average Bonchev–Trinajstić information content (AvgIpc) is 3.01. The van der Waals surface area contributed by atoms with Crippen LogP contribution in [0.25, 0.3) is 10.2 Å². The molecule has 0 unspecified atom stereocenters. The van der Waals surface area contributed by atoms with Gasteiger partial charge in [-0.3, -0.25) is 0 Å². The number of nitrogens with one attached hydrogen (secondary N) is 2. The summed E-state index contributed by atoms with van der Waals surface area (Å²) in [5.41, 5.74) is 0.980. The van der Waals surface area contributed by atoms with Gasteiger partial charge in [0.2, 0.25) is 10.0 Å². The van der Waals surface area contributed by atoms with Crippen molar-refractivity contribution in [2.45, 2.75) is 57.2 Å². The highest BCUT2D eigenvalue weighted by Gasteiger charge is 2.30. The lowest BCUT2D eigenvalue weighted by atomic mass is 9.86. The third-order valence-electron chi connectivity index (χ3n) is 5.14. The summed E-state index contributed by atoms with van der Waals surface area (Å²) in [6.45, 7) is 5.71. The van der Waals surface area contributed by atoms with Crippen molar-refractivity contribution in [3.05, 3.63) is 18.2 Å². The number of rotatable bonds is 6. The fourth-order valence-corrected chi connectivity index (χ4v) is 5.08. The number of methoxy groups -OCH3 is 1. The molecular formula is C19H29N3O3S2.